The minimum absolute atomic E-state index is 0.118. The van der Waals surface area contributed by atoms with Crippen molar-refractivity contribution < 1.29 is 9.53 Å². The van der Waals surface area contributed by atoms with Crippen molar-refractivity contribution in [2.45, 2.75) is 25.2 Å². The summed E-state index contributed by atoms with van der Waals surface area (Å²) in [5, 5.41) is 2.04. The highest BCUT2D eigenvalue weighted by molar-refractivity contribution is 8.13. The van der Waals surface area contributed by atoms with E-state index in [1.54, 1.807) is 43.0 Å². The average molecular weight is 423 g/mol. The number of amidine groups is 1. The number of carbonyl (C=O) groups excluding carboxylic acids is 1. The van der Waals surface area contributed by atoms with Gasteiger partial charge in [-0.25, -0.2) is 0 Å². The maximum atomic E-state index is 13.1. The van der Waals surface area contributed by atoms with Crippen molar-refractivity contribution in [2.75, 3.05) is 13.1 Å². The number of thioether (sulfide) groups is 1. The second kappa shape index (κ2) is 8.55. The van der Waals surface area contributed by atoms with Gasteiger partial charge in [-0.3, -0.25) is 14.7 Å². The van der Waals surface area contributed by atoms with Crippen molar-refractivity contribution in [2.24, 2.45) is 4.99 Å². The van der Waals surface area contributed by atoms with Crippen LogP contribution in [0.15, 0.2) is 53.5 Å². The molecule has 0 atom stereocenters. The highest BCUT2D eigenvalue weighted by Crippen LogP contribution is 2.26. The summed E-state index contributed by atoms with van der Waals surface area (Å²) in [6, 6.07) is 14.7. The first-order valence-electron chi connectivity index (χ1n) is 8.53. The Labute approximate surface area is 173 Å². The topological polar surface area (TPSA) is 41.9 Å². The summed E-state index contributed by atoms with van der Waals surface area (Å²) in [6.07, 6.45) is 0. The molecule has 1 aliphatic heterocycles. The van der Waals surface area contributed by atoms with Crippen molar-refractivity contribution >= 4 is 46.0 Å². The van der Waals surface area contributed by atoms with E-state index in [0.29, 0.717) is 39.8 Å². The summed E-state index contributed by atoms with van der Waals surface area (Å²) < 4.78 is 5.93. The number of nitrogens with zero attached hydrogens (tertiary/aromatic N) is 2. The zero-order valence-corrected chi connectivity index (χ0v) is 17.4. The van der Waals surface area contributed by atoms with E-state index in [0.717, 1.165) is 5.56 Å². The molecule has 4 nitrogen and oxygen atoms in total. The van der Waals surface area contributed by atoms with Crippen LogP contribution in [0.3, 0.4) is 0 Å². The van der Waals surface area contributed by atoms with E-state index in [1.165, 1.54) is 11.8 Å². The second-order valence-corrected chi connectivity index (χ2v) is 8.42. The fourth-order valence-corrected chi connectivity index (χ4v) is 4.01. The summed E-state index contributed by atoms with van der Waals surface area (Å²) in [6.45, 7) is 4.69. The predicted molar refractivity (Wildman–Crippen MR) is 113 cm³/mol. The quantitative estimate of drug-likeness (QED) is 0.657. The lowest BCUT2D eigenvalue weighted by atomic mass is 10.1. The van der Waals surface area contributed by atoms with Crippen LogP contribution in [0.2, 0.25) is 10.0 Å². The van der Waals surface area contributed by atoms with Crippen LogP contribution in [0.4, 0.5) is 0 Å². The SMILES string of the molecule is CC(C)(Oc1ccc(Cl)cc1)C(=O)N1CCN=C1SCc1cccc(Cl)c1. The van der Waals surface area contributed by atoms with Crippen molar-refractivity contribution in [3.8, 4) is 5.75 Å². The summed E-state index contributed by atoms with van der Waals surface area (Å²) in [4.78, 5) is 19.3. The Hall–Kier alpha value is -1.69. The maximum absolute atomic E-state index is 13.1. The molecule has 3 rings (SSSR count). The van der Waals surface area contributed by atoms with Crippen LogP contribution in [0.5, 0.6) is 5.75 Å². The average Bonchev–Trinajstić information content (AvgIpc) is 3.09. The fraction of sp³-hybridized carbons (Fsp3) is 0.300. The highest BCUT2D eigenvalue weighted by atomic mass is 35.5. The van der Waals surface area contributed by atoms with Gasteiger partial charge in [0, 0.05) is 22.3 Å². The lowest BCUT2D eigenvalue weighted by Gasteiger charge is -2.30. The Morgan fingerprint density at radius 3 is 2.63 bits per heavy atom. The molecule has 0 N–H and O–H groups in total. The number of amides is 1. The van der Waals surface area contributed by atoms with Crippen LogP contribution in [-0.4, -0.2) is 34.7 Å². The summed E-state index contributed by atoms with van der Waals surface area (Å²) >= 11 is 13.5. The van der Waals surface area contributed by atoms with Gasteiger partial charge >= 0.3 is 0 Å². The summed E-state index contributed by atoms with van der Waals surface area (Å²) in [5.74, 6) is 1.18. The van der Waals surface area contributed by atoms with E-state index in [9.17, 15) is 4.79 Å². The molecule has 2 aromatic rings. The molecule has 2 aromatic carbocycles. The van der Waals surface area contributed by atoms with E-state index >= 15 is 0 Å². The Morgan fingerprint density at radius 1 is 1.19 bits per heavy atom. The first-order chi connectivity index (χ1) is 12.8. The van der Waals surface area contributed by atoms with Crippen molar-refractivity contribution in [1.82, 2.24) is 4.90 Å². The molecular weight excluding hydrogens is 403 g/mol. The largest absolute Gasteiger partial charge is 0.478 e. The Kier molecular flexibility index (Phi) is 6.35. The van der Waals surface area contributed by atoms with E-state index in [-0.39, 0.29) is 5.91 Å². The van der Waals surface area contributed by atoms with Gasteiger partial charge in [0.15, 0.2) is 10.8 Å². The zero-order valence-electron chi connectivity index (χ0n) is 15.1. The highest BCUT2D eigenvalue weighted by Gasteiger charge is 2.37. The number of benzene rings is 2. The predicted octanol–water partition coefficient (Wildman–Crippen LogP) is 5.28. The normalized spacial score (nSPS) is 14.2. The van der Waals surface area contributed by atoms with Gasteiger partial charge in [-0.1, -0.05) is 47.1 Å². The van der Waals surface area contributed by atoms with E-state index in [1.807, 2.05) is 24.3 Å². The van der Waals surface area contributed by atoms with Crippen LogP contribution < -0.4 is 4.74 Å². The Morgan fingerprint density at radius 2 is 1.93 bits per heavy atom. The standard InChI is InChI=1S/C20H20Cl2N2O2S/c1-20(2,26-17-8-6-15(21)7-9-17)18(25)24-11-10-23-19(24)27-13-14-4-3-5-16(22)12-14/h3-9,12H,10-11,13H2,1-2H3. The molecule has 1 aliphatic rings. The minimum atomic E-state index is -1.02. The zero-order chi connectivity index (χ0) is 19.4. The van der Waals surface area contributed by atoms with Gasteiger partial charge < -0.3 is 4.74 Å². The van der Waals surface area contributed by atoms with Crippen LogP contribution in [0.25, 0.3) is 0 Å². The van der Waals surface area contributed by atoms with Crippen LogP contribution >= 0.6 is 35.0 Å². The third-order valence-electron chi connectivity index (χ3n) is 4.01. The number of halogens is 2. The van der Waals surface area contributed by atoms with Crippen LogP contribution in [-0.2, 0) is 10.5 Å². The molecule has 0 aliphatic carbocycles. The van der Waals surface area contributed by atoms with Gasteiger partial charge in [0.1, 0.15) is 5.75 Å². The number of aliphatic imine (C=N–C) groups is 1. The third kappa shape index (κ3) is 5.18. The smallest absolute Gasteiger partial charge is 0.272 e. The third-order valence-corrected chi connectivity index (χ3v) is 5.58. The van der Waals surface area contributed by atoms with Gasteiger partial charge in [0.25, 0.3) is 5.91 Å². The molecule has 0 saturated carbocycles. The fourth-order valence-electron chi connectivity index (χ4n) is 2.68. The molecule has 27 heavy (non-hydrogen) atoms. The van der Waals surface area contributed by atoms with E-state index < -0.39 is 5.60 Å². The van der Waals surface area contributed by atoms with E-state index in [4.69, 9.17) is 27.9 Å². The lowest BCUT2D eigenvalue weighted by Crippen LogP contribution is -2.49. The van der Waals surface area contributed by atoms with Gasteiger partial charge in [-0.2, -0.15) is 0 Å². The van der Waals surface area contributed by atoms with Crippen LogP contribution in [0.1, 0.15) is 19.4 Å². The Balaban J connectivity index is 1.65. The van der Waals surface area contributed by atoms with Gasteiger partial charge in [-0.05, 0) is 55.8 Å². The molecule has 142 valence electrons. The van der Waals surface area contributed by atoms with Crippen molar-refractivity contribution in [1.29, 1.82) is 0 Å². The minimum Gasteiger partial charge on any atom is -0.478 e. The van der Waals surface area contributed by atoms with E-state index in [2.05, 4.69) is 4.99 Å². The number of hydrogen-bond acceptors (Lipinski definition) is 4. The van der Waals surface area contributed by atoms with Gasteiger partial charge in [-0.15, -0.1) is 0 Å². The summed E-state index contributed by atoms with van der Waals surface area (Å²) in [7, 11) is 0. The molecular formula is C20H20Cl2N2O2S. The molecule has 0 spiro atoms. The molecule has 0 fully saturated rings. The molecule has 0 bridgehead atoms. The molecule has 0 radical (unpaired) electrons. The lowest BCUT2D eigenvalue weighted by molar-refractivity contribution is -0.140. The second-order valence-electron chi connectivity index (χ2n) is 6.61. The first kappa shape index (κ1) is 20.1. The number of ether oxygens (including phenoxy) is 1. The van der Waals surface area contributed by atoms with Gasteiger partial charge in [0.05, 0.1) is 6.54 Å². The number of rotatable bonds is 5. The number of carbonyl (C=O) groups is 1. The van der Waals surface area contributed by atoms with Gasteiger partial charge in [0.2, 0.25) is 0 Å². The molecule has 7 heteroatoms. The molecule has 0 saturated heterocycles. The van der Waals surface area contributed by atoms with Crippen molar-refractivity contribution in [3.63, 3.8) is 0 Å². The van der Waals surface area contributed by atoms with Crippen molar-refractivity contribution in [3.05, 3.63) is 64.1 Å². The van der Waals surface area contributed by atoms with Crippen LogP contribution in [0, 0.1) is 0 Å². The maximum Gasteiger partial charge on any atom is 0.272 e. The molecule has 0 aromatic heterocycles. The molecule has 1 amide bonds. The molecule has 1 heterocycles. The first-order valence-corrected chi connectivity index (χ1v) is 10.3. The molecule has 0 unspecified atom stereocenters. The summed E-state index contributed by atoms with van der Waals surface area (Å²) in [5.41, 5.74) is 0.0708. The monoisotopic (exact) mass is 422 g/mol. The number of hydrogen-bond donors (Lipinski definition) is 0. The Bertz CT molecular complexity index is 853.